The normalized spacial score (nSPS) is 23.2. The fraction of sp³-hybridized carbons (Fsp3) is 0.474. The molecular formula is C19H24N2O2S2. The van der Waals surface area contributed by atoms with Crippen LogP contribution in [-0.2, 0) is 15.4 Å². The van der Waals surface area contributed by atoms with Gasteiger partial charge in [-0.1, -0.05) is 30.3 Å². The van der Waals surface area contributed by atoms with E-state index in [1.807, 2.05) is 5.38 Å². The highest BCUT2D eigenvalue weighted by atomic mass is 32.2. The van der Waals surface area contributed by atoms with Crippen LogP contribution in [0.15, 0.2) is 46.0 Å². The highest BCUT2D eigenvalue weighted by Crippen LogP contribution is 2.52. The van der Waals surface area contributed by atoms with Crippen LogP contribution in [0.2, 0.25) is 0 Å². The number of hydrogen-bond donors (Lipinski definition) is 0. The van der Waals surface area contributed by atoms with Gasteiger partial charge < -0.3 is 4.90 Å². The van der Waals surface area contributed by atoms with E-state index < -0.39 is 10.0 Å². The number of piperidine rings is 1. The van der Waals surface area contributed by atoms with Gasteiger partial charge in [-0.15, -0.1) is 11.3 Å². The third kappa shape index (κ3) is 2.76. The molecule has 0 amide bonds. The number of thiophene rings is 1. The molecular weight excluding hydrogens is 352 g/mol. The maximum Gasteiger partial charge on any atom is 0.252 e. The van der Waals surface area contributed by atoms with Crippen LogP contribution in [0, 0.1) is 0 Å². The van der Waals surface area contributed by atoms with Crippen LogP contribution in [0.25, 0.3) is 0 Å². The molecule has 2 heterocycles. The van der Waals surface area contributed by atoms with Crippen molar-refractivity contribution in [2.24, 2.45) is 0 Å². The number of hydrogen-bond acceptors (Lipinski definition) is 4. The van der Waals surface area contributed by atoms with Gasteiger partial charge in [0.05, 0.1) is 0 Å². The summed E-state index contributed by atoms with van der Waals surface area (Å²) in [6, 6.07) is 12.7. The Labute approximate surface area is 154 Å². The Morgan fingerprint density at radius 1 is 1.12 bits per heavy atom. The van der Waals surface area contributed by atoms with Gasteiger partial charge in [0.1, 0.15) is 4.21 Å². The highest BCUT2D eigenvalue weighted by Gasteiger charge is 2.47. The van der Waals surface area contributed by atoms with Gasteiger partial charge in [-0.25, -0.2) is 8.42 Å². The summed E-state index contributed by atoms with van der Waals surface area (Å²) in [6.45, 7) is 1.21. The zero-order valence-corrected chi connectivity index (χ0v) is 16.3. The first-order valence-electron chi connectivity index (χ1n) is 8.74. The first-order chi connectivity index (χ1) is 11.9. The summed E-state index contributed by atoms with van der Waals surface area (Å²) in [5, 5.41) is 1.83. The van der Waals surface area contributed by atoms with E-state index >= 15 is 0 Å². The molecule has 0 radical (unpaired) electrons. The number of fused-ring (bicyclic) bond motifs is 2. The predicted molar refractivity (Wildman–Crippen MR) is 101 cm³/mol. The molecule has 1 aromatic heterocycles. The van der Waals surface area contributed by atoms with Crippen LogP contribution in [0.5, 0.6) is 0 Å². The van der Waals surface area contributed by atoms with Crippen molar-refractivity contribution >= 4 is 21.4 Å². The maximum absolute atomic E-state index is 12.8. The highest BCUT2D eigenvalue weighted by molar-refractivity contribution is 7.91. The fourth-order valence-corrected chi connectivity index (χ4v) is 7.07. The van der Waals surface area contributed by atoms with E-state index in [9.17, 15) is 8.42 Å². The molecule has 1 saturated heterocycles. The predicted octanol–water partition coefficient (Wildman–Crippen LogP) is 3.48. The van der Waals surface area contributed by atoms with Crippen molar-refractivity contribution in [3.63, 3.8) is 0 Å². The van der Waals surface area contributed by atoms with Crippen molar-refractivity contribution in [3.05, 3.63) is 52.9 Å². The molecule has 1 aliphatic carbocycles. The van der Waals surface area contributed by atoms with E-state index in [4.69, 9.17) is 0 Å². The molecule has 25 heavy (non-hydrogen) atoms. The van der Waals surface area contributed by atoms with Crippen molar-refractivity contribution in [2.45, 2.75) is 34.9 Å². The van der Waals surface area contributed by atoms with Crippen LogP contribution < -0.4 is 0 Å². The Morgan fingerprint density at radius 3 is 2.48 bits per heavy atom. The summed E-state index contributed by atoms with van der Waals surface area (Å²) in [6.07, 6.45) is 2.89. The lowest BCUT2D eigenvalue weighted by molar-refractivity contribution is 0.190. The van der Waals surface area contributed by atoms with Crippen molar-refractivity contribution in [2.75, 3.05) is 27.2 Å². The second-order valence-electron chi connectivity index (χ2n) is 7.39. The molecule has 0 N–H and O–H groups in total. The number of nitrogens with zero attached hydrogens (tertiary/aromatic N) is 2. The molecule has 1 atom stereocenters. The smallest absolute Gasteiger partial charge is 0.252 e. The van der Waals surface area contributed by atoms with E-state index in [-0.39, 0.29) is 5.41 Å². The van der Waals surface area contributed by atoms with Gasteiger partial charge in [-0.2, -0.15) is 4.31 Å². The number of benzene rings is 1. The molecule has 4 rings (SSSR count). The van der Waals surface area contributed by atoms with Crippen molar-refractivity contribution in [1.29, 1.82) is 0 Å². The third-order valence-corrected chi connectivity index (χ3v) is 9.14. The Kier molecular flexibility index (Phi) is 4.27. The average molecular weight is 377 g/mol. The van der Waals surface area contributed by atoms with Gasteiger partial charge >= 0.3 is 0 Å². The van der Waals surface area contributed by atoms with Gasteiger partial charge in [0, 0.05) is 19.1 Å². The van der Waals surface area contributed by atoms with E-state index in [1.165, 1.54) is 22.5 Å². The van der Waals surface area contributed by atoms with Gasteiger partial charge in [0.2, 0.25) is 0 Å². The zero-order chi connectivity index (χ0) is 17.7. The van der Waals surface area contributed by atoms with Crippen molar-refractivity contribution in [3.8, 4) is 0 Å². The molecule has 4 nitrogen and oxygen atoms in total. The molecule has 1 aliphatic heterocycles. The molecule has 1 fully saturated rings. The molecule has 134 valence electrons. The molecule has 1 aromatic carbocycles. The largest absolute Gasteiger partial charge is 0.302 e. The third-order valence-electron chi connectivity index (χ3n) is 5.87. The Bertz CT molecular complexity index is 851. The molecule has 2 aromatic rings. The summed E-state index contributed by atoms with van der Waals surface area (Å²) in [5.74, 6) is 0. The van der Waals surface area contributed by atoms with Crippen LogP contribution in [0.4, 0.5) is 0 Å². The molecule has 1 spiro atoms. The first kappa shape index (κ1) is 17.2. The van der Waals surface area contributed by atoms with Crippen LogP contribution in [0.3, 0.4) is 0 Å². The van der Waals surface area contributed by atoms with Crippen molar-refractivity contribution < 1.29 is 8.42 Å². The van der Waals surface area contributed by atoms with E-state index in [0.717, 1.165) is 19.3 Å². The number of rotatable bonds is 3. The monoisotopic (exact) mass is 376 g/mol. The molecule has 0 unspecified atom stereocenters. The molecule has 0 saturated carbocycles. The summed E-state index contributed by atoms with van der Waals surface area (Å²) >= 11 is 1.30. The first-order valence-corrected chi connectivity index (χ1v) is 11.1. The SMILES string of the molecule is CN(C)[C@@H]1CC2(CCN(S(=O)(=O)c3cccs3)CC2)c2ccccc21. The Hall–Kier alpha value is -1.21. The van der Waals surface area contributed by atoms with E-state index in [0.29, 0.717) is 23.3 Å². The lowest BCUT2D eigenvalue weighted by Crippen LogP contribution is -2.44. The van der Waals surface area contributed by atoms with Gasteiger partial charge in [-0.05, 0) is 61.3 Å². The van der Waals surface area contributed by atoms with Crippen LogP contribution in [0.1, 0.15) is 36.4 Å². The van der Waals surface area contributed by atoms with E-state index in [2.05, 4.69) is 43.3 Å². The minimum absolute atomic E-state index is 0.118. The van der Waals surface area contributed by atoms with Crippen LogP contribution in [-0.4, -0.2) is 44.8 Å². The minimum atomic E-state index is -3.33. The second-order valence-corrected chi connectivity index (χ2v) is 10.5. The summed E-state index contributed by atoms with van der Waals surface area (Å²) in [4.78, 5) is 2.29. The van der Waals surface area contributed by atoms with Gasteiger partial charge in [-0.3, -0.25) is 0 Å². The topological polar surface area (TPSA) is 40.6 Å². The lowest BCUT2D eigenvalue weighted by Gasteiger charge is -2.39. The van der Waals surface area contributed by atoms with Gasteiger partial charge in [0.25, 0.3) is 10.0 Å². The summed E-state index contributed by atoms with van der Waals surface area (Å²) in [7, 11) is 0.941. The zero-order valence-electron chi connectivity index (χ0n) is 14.7. The average Bonchev–Trinajstić information content (AvgIpc) is 3.24. The summed E-state index contributed by atoms with van der Waals surface area (Å²) < 4.78 is 27.7. The van der Waals surface area contributed by atoms with E-state index in [1.54, 1.807) is 16.4 Å². The van der Waals surface area contributed by atoms with Crippen molar-refractivity contribution in [1.82, 2.24) is 9.21 Å². The molecule has 2 aliphatic rings. The van der Waals surface area contributed by atoms with Crippen LogP contribution >= 0.6 is 11.3 Å². The summed E-state index contributed by atoms with van der Waals surface area (Å²) in [5.41, 5.74) is 2.97. The van der Waals surface area contributed by atoms with Gasteiger partial charge in [0.15, 0.2) is 0 Å². The molecule has 0 bridgehead atoms. The Balaban J connectivity index is 1.60. The fourth-order valence-electron chi connectivity index (χ4n) is 4.49. The quantitative estimate of drug-likeness (QED) is 0.823. The Morgan fingerprint density at radius 2 is 1.84 bits per heavy atom. The molecule has 6 heteroatoms. The minimum Gasteiger partial charge on any atom is -0.302 e. The standard InChI is InChI=1S/C19H24N2O2S2/c1-20(2)17-14-19(16-7-4-3-6-15(16)17)9-11-21(12-10-19)25(22,23)18-8-5-13-24-18/h3-8,13,17H,9-12,14H2,1-2H3/t17-/m1/s1. The second kappa shape index (κ2) is 6.20. The lowest BCUT2D eigenvalue weighted by atomic mass is 9.74. The maximum atomic E-state index is 12.8. The number of sulfonamides is 1.